The van der Waals surface area contributed by atoms with Crippen molar-refractivity contribution in [2.45, 2.75) is 18.9 Å². The van der Waals surface area contributed by atoms with E-state index in [0.717, 1.165) is 12.8 Å². The van der Waals surface area contributed by atoms with Gasteiger partial charge in [0.2, 0.25) is 5.43 Å². The Bertz CT molecular complexity index is 1000. The van der Waals surface area contributed by atoms with E-state index >= 15 is 0 Å². The average Bonchev–Trinajstić information content (AvgIpc) is 2.99. The van der Waals surface area contributed by atoms with Gasteiger partial charge in [-0.05, 0) is 30.9 Å². The van der Waals surface area contributed by atoms with Crippen LogP contribution in [0.1, 0.15) is 23.2 Å². The van der Waals surface area contributed by atoms with Crippen LogP contribution in [0.2, 0.25) is 0 Å². The molecule has 3 aliphatic rings. The Hall–Kier alpha value is -2.90. The van der Waals surface area contributed by atoms with E-state index in [-0.39, 0.29) is 40.4 Å². The highest BCUT2D eigenvalue weighted by molar-refractivity contribution is 5.97. The summed E-state index contributed by atoms with van der Waals surface area (Å²) >= 11 is 0. The lowest BCUT2D eigenvalue weighted by Crippen LogP contribution is -2.49. The van der Waals surface area contributed by atoms with Crippen molar-refractivity contribution in [1.29, 1.82) is 0 Å². The number of nitrogens with one attached hydrogen (secondary N) is 1. The fourth-order valence-corrected chi connectivity index (χ4v) is 4.30. The number of carbonyl (C=O) groups is 2. The maximum atomic E-state index is 13.9. The van der Waals surface area contributed by atoms with Gasteiger partial charge in [0, 0.05) is 51.4 Å². The molecule has 0 saturated carbocycles. The van der Waals surface area contributed by atoms with E-state index in [4.69, 9.17) is 0 Å². The number of para-hydroxylation sites is 1. The Morgan fingerprint density at radius 3 is 2.71 bits per heavy atom. The Morgan fingerprint density at radius 1 is 1.18 bits per heavy atom. The first-order valence-corrected chi connectivity index (χ1v) is 9.44. The molecule has 3 amide bonds. The molecule has 0 radical (unpaired) electrons. The largest absolute Gasteiger partial charge is 0.358 e. The number of aromatic nitrogens is 1. The van der Waals surface area contributed by atoms with E-state index in [0.29, 0.717) is 19.6 Å². The fraction of sp³-hybridized carbons (Fsp3) is 0.450. The zero-order chi connectivity index (χ0) is 20.0. The topological polar surface area (TPSA) is 76.7 Å². The SMILES string of the molecule is CN(C)C(=O)N1C[C@H]2CC[C@@H](C1)N(C(=O)c1c[nH]c3c(F)cccc3c1=O)C2. The van der Waals surface area contributed by atoms with Crippen molar-refractivity contribution < 1.29 is 14.0 Å². The first kappa shape index (κ1) is 18.5. The predicted molar refractivity (Wildman–Crippen MR) is 103 cm³/mol. The molecule has 28 heavy (non-hydrogen) atoms. The molecule has 1 N–H and O–H groups in total. The van der Waals surface area contributed by atoms with Crippen molar-refractivity contribution in [3.8, 4) is 0 Å². The lowest BCUT2D eigenvalue weighted by atomic mass is 9.94. The number of nitrogens with zero attached hydrogens (tertiary/aromatic N) is 3. The van der Waals surface area contributed by atoms with Crippen LogP contribution >= 0.6 is 0 Å². The molecule has 4 heterocycles. The second kappa shape index (κ2) is 6.92. The van der Waals surface area contributed by atoms with E-state index in [2.05, 4.69) is 4.98 Å². The number of halogens is 1. The molecule has 0 spiro atoms. The highest BCUT2D eigenvalue weighted by Gasteiger charge is 2.39. The number of fused-ring (bicyclic) bond motifs is 5. The van der Waals surface area contributed by atoms with Gasteiger partial charge >= 0.3 is 6.03 Å². The molecule has 7 nitrogen and oxygen atoms in total. The number of urea groups is 1. The maximum Gasteiger partial charge on any atom is 0.319 e. The molecular formula is C20H23FN4O3. The smallest absolute Gasteiger partial charge is 0.319 e. The van der Waals surface area contributed by atoms with Crippen molar-refractivity contribution >= 4 is 22.8 Å². The molecule has 2 bridgehead atoms. The summed E-state index contributed by atoms with van der Waals surface area (Å²) in [5.74, 6) is -0.704. The first-order chi connectivity index (χ1) is 13.4. The minimum absolute atomic E-state index is 0.0103. The number of benzene rings is 1. The summed E-state index contributed by atoms with van der Waals surface area (Å²) in [4.78, 5) is 46.2. The van der Waals surface area contributed by atoms with Gasteiger partial charge in [-0.25, -0.2) is 9.18 Å². The lowest BCUT2D eigenvalue weighted by molar-refractivity contribution is 0.0584. The van der Waals surface area contributed by atoms with Crippen LogP contribution in [0.15, 0.2) is 29.2 Å². The summed E-state index contributed by atoms with van der Waals surface area (Å²) in [6.07, 6.45) is 3.05. The third kappa shape index (κ3) is 3.02. The molecule has 2 aromatic rings. The van der Waals surface area contributed by atoms with E-state index in [1.807, 2.05) is 0 Å². The van der Waals surface area contributed by atoms with Crippen LogP contribution in [-0.2, 0) is 0 Å². The monoisotopic (exact) mass is 386 g/mol. The standard InChI is InChI=1S/C20H23FN4O3/c1-23(2)20(28)24-9-12-6-7-13(11-24)25(10-12)19(27)15-8-22-17-14(18(15)26)4-3-5-16(17)21/h3-5,8,12-13H,6-7,9-11H2,1-2H3,(H,22,26)/t12-,13+/m1/s1. The number of hydrogen-bond acceptors (Lipinski definition) is 3. The van der Waals surface area contributed by atoms with Gasteiger partial charge in [0.1, 0.15) is 11.4 Å². The van der Waals surface area contributed by atoms with Gasteiger partial charge in [-0.2, -0.15) is 0 Å². The van der Waals surface area contributed by atoms with Crippen LogP contribution in [0.5, 0.6) is 0 Å². The summed E-state index contributed by atoms with van der Waals surface area (Å²) in [6, 6.07) is 4.05. The Labute approximate surface area is 161 Å². The molecule has 148 valence electrons. The third-order valence-corrected chi connectivity index (χ3v) is 5.72. The highest BCUT2D eigenvalue weighted by atomic mass is 19.1. The van der Waals surface area contributed by atoms with Gasteiger partial charge in [0.05, 0.1) is 5.52 Å². The molecule has 3 fully saturated rings. The van der Waals surface area contributed by atoms with Crippen molar-refractivity contribution in [2.24, 2.45) is 5.92 Å². The molecule has 3 aliphatic heterocycles. The van der Waals surface area contributed by atoms with Gasteiger partial charge in [0.15, 0.2) is 0 Å². The van der Waals surface area contributed by atoms with Crippen LogP contribution in [0.3, 0.4) is 0 Å². The number of H-pyrrole nitrogens is 1. The van der Waals surface area contributed by atoms with Gasteiger partial charge in [-0.1, -0.05) is 6.07 Å². The van der Waals surface area contributed by atoms with Gasteiger partial charge in [-0.15, -0.1) is 0 Å². The van der Waals surface area contributed by atoms with Gasteiger partial charge in [0.25, 0.3) is 5.91 Å². The van der Waals surface area contributed by atoms with Crippen molar-refractivity contribution in [3.05, 3.63) is 46.0 Å². The van der Waals surface area contributed by atoms with Crippen LogP contribution in [0, 0.1) is 11.7 Å². The number of hydrogen-bond donors (Lipinski definition) is 1. The van der Waals surface area contributed by atoms with Crippen LogP contribution in [0.25, 0.3) is 10.9 Å². The zero-order valence-corrected chi connectivity index (χ0v) is 15.9. The van der Waals surface area contributed by atoms with Crippen molar-refractivity contribution in [1.82, 2.24) is 19.7 Å². The quantitative estimate of drug-likeness (QED) is 0.813. The zero-order valence-electron chi connectivity index (χ0n) is 15.9. The highest BCUT2D eigenvalue weighted by Crippen LogP contribution is 2.29. The molecular weight excluding hydrogens is 363 g/mol. The number of rotatable bonds is 1. The maximum absolute atomic E-state index is 13.9. The number of amides is 3. The summed E-state index contributed by atoms with van der Waals surface area (Å²) in [6.45, 7) is 1.58. The Kier molecular flexibility index (Phi) is 4.56. The molecule has 3 saturated heterocycles. The fourth-order valence-electron chi connectivity index (χ4n) is 4.30. The van der Waals surface area contributed by atoms with Crippen LogP contribution in [0.4, 0.5) is 9.18 Å². The first-order valence-electron chi connectivity index (χ1n) is 9.44. The molecule has 5 rings (SSSR count). The van der Waals surface area contributed by atoms with E-state index < -0.39 is 11.2 Å². The third-order valence-electron chi connectivity index (χ3n) is 5.72. The van der Waals surface area contributed by atoms with Crippen LogP contribution in [-0.4, -0.2) is 71.4 Å². The predicted octanol–water partition coefficient (Wildman–Crippen LogP) is 1.89. The number of carbonyl (C=O) groups excluding carboxylic acids is 2. The van der Waals surface area contributed by atoms with E-state index in [1.165, 1.54) is 24.4 Å². The van der Waals surface area contributed by atoms with Crippen molar-refractivity contribution in [3.63, 3.8) is 0 Å². The van der Waals surface area contributed by atoms with E-state index in [9.17, 15) is 18.8 Å². The van der Waals surface area contributed by atoms with Crippen molar-refractivity contribution in [2.75, 3.05) is 33.7 Å². The van der Waals surface area contributed by atoms with Crippen LogP contribution < -0.4 is 5.43 Å². The molecule has 1 aromatic heterocycles. The minimum Gasteiger partial charge on any atom is -0.358 e. The molecule has 1 aromatic carbocycles. The summed E-state index contributed by atoms with van der Waals surface area (Å²) in [7, 11) is 3.43. The summed E-state index contributed by atoms with van der Waals surface area (Å²) in [5, 5.41) is 0.162. The Morgan fingerprint density at radius 2 is 1.96 bits per heavy atom. The molecule has 2 atom stereocenters. The number of pyridine rings is 1. The average molecular weight is 386 g/mol. The normalized spacial score (nSPS) is 21.7. The summed E-state index contributed by atoms with van der Waals surface area (Å²) < 4.78 is 13.9. The number of piperidine rings is 1. The molecule has 0 unspecified atom stereocenters. The van der Waals surface area contributed by atoms with Gasteiger partial charge in [-0.3, -0.25) is 9.59 Å². The Balaban J connectivity index is 1.66. The van der Waals surface area contributed by atoms with Gasteiger partial charge < -0.3 is 19.7 Å². The second-order valence-electron chi connectivity index (χ2n) is 7.83. The summed E-state index contributed by atoms with van der Waals surface area (Å²) in [5.41, 5.74) is -0.361. The van der Waals surface area contributed by atoms with E-state index in [1.54, 1.807) is 28.8 Å². The molecule has 0 aliphatic carbocycles. The second-order valence-corrected chi connectivity index (χ2v) is 7.83. The number of aromatic amines is 1. The molecule has 8 heteroatoms. The lowest BCUT2D eigenvalue weighted by Gasteiger charge is -2.36. The minimum atomic E-state index is -0.528.